The van der Waals surface area contributed by atoms with Crippen LogP contribution in [0.4, 0.5) is 0 Å². The third kappa shape index (κ3) is 1.91. The zero-order valence-corrected chi connectivity index (χ0v) is 14.0. The van der Waals surface area contributed by atoms with Crippen molar-refractivity contribution in [2.24, 2.45) is 12.5 Å². The van der Waals surface area contributed by atoms with E-state index in [1.54, 1.807) is 28.4 Å². The number of sulfonamides is 1. The molecule has 2 aliphatic heterocycles. The second kappa shape index (κ2) is 4.79. The maximum Gasteiger partial charge on any atom is 0.262 e. The topological polar surface area (TPSA) is 67.2 Å². The molecule has 22 heavy (non-hydrogen) atoms. The molecular weight excluding hydrogens is 300 g/mol. The van der Waals surface area contributed by atoms with Crippen LogP contribution >= 0.6 is 0 Å². The number of hydrogen-bond acceptors (Lipinski definition) is 4. The molecule has 1 aliphatic carbocycles. The largest absolute Gasteiger partial charge is 0.339 e. The van der Waals surface area contributed by atoms with Gasteiger partial charge in [-0.1, -0.05) is 19.8 Å². The van der Waals surface area contributed by atoms with Crippen molar-refractivity contribution in [2.45, 2.75) is 62.2 Å². The van der Waals surface area contributed by atoms with E-state index < -0.39 is 10.0 Å². The van der Waals surface area contributed by atoms with E-state index in [4.69, 9.17) is 0 Å². The molecular formula is C15H24N4O2S. The normalized spacial score (nSPS) is 38.9. The fourth-order valence-corrected chi connectivity index (χ4v) is 6.81. The van der Waals surface area contributed by atoms with Gasteiger partial charge in [-0.25, -0.2) is 13.4 Å². The van der Waals surface area contributed by atoms with Crippen LogP contribution in [0.15, 0.2) is 17.6 Å². The first-order valence-corrected chi connectivity index (χ1v) is 9.62. The van der Waals surface area contributed by atoms with Crippen LogP contribution in [0.1, 0.15) is 39.0 Å². The number of fused-ring (bicyclic) bond motifs is 1. The Bertz CT molecular complexity index is 685. The van der Waals surface area contributed by atoms with Gasteiger partial charge in [-0.05, 0) is 19.3 Å². The first-order valence-electron chi connectivity index (χ1n) is 8.18. The number of nitrogens with one attached hydrogen (secondary N) is 1. The molecule has 4 rings (SSSR count). The summed E-state index contributed by atoms with van der Waals surface area (Å²) in [6.07, 6.45) is 8.58. The van der Waals surface area contributed by atoms with Crippen LogP contribution in [0.5, 0.6) is 0 Å². The van der Waals surface area contributed by atoms with E-state index >= 15 is 0 Å². The molecule has 3 heterocycles. The van der Waals surface area contributed by atoms with Crippen molar-refractivity contribution < 1.29 is 8.42 Å². The molecule has 0 aromatic carbocycles. The molecule has 2 bridgehead atoms. The van der Waals surface area contributed by atoms with E-state index in [0.717, 1.165) is 32.2 Å². The second-order valence-electron chi connectivity index (χ2n) is 7.34. The van der Waals surface area contributed by atoms with Crippen molar-refractivity contribution in [3.63, 3.8) is 0 Å². The number of hydrogen-bond donors (Lipinski definition) is 1. The number of nitrogens with zero attached hydrogens (tertiary/aromatic N) is 3. The van der Waals surface area contributed by atoms with Crippen LogP contribution in [0.3, 0.4) is 0 Å². The van der Waals surface area contributed by atoms with Crippen molar-refractivity contribution in [1.29, 1.82) is 0 Å². The van der Waals surface area contributed by atoms with Gasteiger partial charge in [-0.3, -0.25) is 0 Å². The molecule has 0 spiro atoms. The summed E-state index contributed by atoms with van der Waals surface area (Å²) in [7, 11) is -1.71. The minimum absolute atomic E-state index is 0.0568. The molecule has 0 radical (unpaired) electrons. The highest BCUT2D eigenvalue weighted by molar-refractivity contribution is 7.89. The van der Waals surface area contributed by atoms with Crippen LogP contribution in [-0.2, 0) is 17.1 Å². The Hall–Kier alpha value is -0.920. The lowest BCUT2D eigenvalue weighted by molar-refractivity contribution is 0.164. The molecule has 1 aromatic rings. The Kier molecular flexibility index (Phi) is 3.19. The van der Waals surface area contributed by atoms with Crippen LogP contribution in [0.2, 0.25) is 0 Å². The average Bonchev–Trinajstić information content (AvgIpc) is 2.95. The van der Waals surface area contributed by atoms with Gasteiger partial charge in [0, 0.05) is 43.3 Å². The van der Waals surface area contributed by atoms with Gasteiger partial charge in [-0.2, -0.15) is 4.31 Å². The fourth-order valence-electron chi connectivity index (χ4n) is 4.90. The Morgan fingerprint density at radius 1 is 1.36 bits per heavy atom. The summed E-state index contributed by atoms with van der Waals surface area (Å²) in [6.45, 7) is 3.05. The fraction of sp³-hybridized carbons (Fsp3) is 0.800. The van der Waals surface area contributed by atoms with Crippen molar-refractivity contribution in [3.05, 3.63) is 12.5 Å². The minimum atomic E-state index is -3.52. The molecule has 0 amide bonds. The summed E-state index contributed by atoms with van der Waals surface area (Å²) >= 11 is 0. The Balaban J connectivity index is 1.78. The van der Waals surface area contributed by atoms with E-state index in [-0.39, 0.29) is 22.5 Å². The summed E-state index contributed by atoms with van der Waals surface area (Å²) in [6, 6.07) is 0.614. The van der Waals surface area contributed by atoms with Gasteiger partial charge in [0.1, 0.15) is 0 Å². The summed E-state index contributed by atoms with van der Waals surface area (Å²) in [4.78, 5) is 4.11. The van der Waals surface area contributed by atoms with Gasteiger partial charge in [0.05, 0.1) is 6.33 Å². The van der Waals surface area contributed by atoms with Gasteiger partial charge >= 0.3 is 0 Å². The number of aromatic nitrogens is 2. The number of aryl methyl sites for hydroxylation is 1. The molecule has 122 valence electrons. The molecule has 0 unspecified atom stereocenters. The predicted octanol–water partition coefficient (Wildman–Crippen LogP) is 1.10. The number of rotatable bonds is 2. The van der Waals surface area contributed by atoms with Gasteiger partial charge in [0.25, 0.3) is 10.0 Å². The van der Waals surface area contributed by atoms with Crippen LogP contribution in [-0.4, -0.2) is 46.9 Å². The van der Waals surface area contributed by atoms with Crippen molar-refractivity contribution in [2.75, 3.05) is 6.54 Å². The van der Waals surface area contributed by atoms with Gasteiger partial charge < -0.3 is 9.88 Å². The molecule has 6 nitrogen and oxygen atoms in total. The first-order chi connectivity index (χ1) is 10.4. The standard InChI is InChI=1S/C15H24N4O2S/c1-15-7-11-8-16-12(15)5-3-4-6-13(15)19(11)22(20,21)14-9-18(2)10-17-14/h9-13,16H,3-8H2,1-2H3/t11-,12+,13-,15+/m0/s1. The van der Waals surface area contributed by atoms with Crippen LogP contribution < -0.4 is 5.32 Å². The third-order valence-electron chi connectivity index (χ3n) is 5.94. The minimum Gasteiger partial charge on any atom is -0.339 e. The van der Waals surface area contributed by atoms with E-state index in [1.807, 2.05) is 0 Å². The summed E-state index contributed by atoms with van der Waals surface area (Å²) < 4.78 is 29.8. The maximum absolute atomic E-state index is 13.2. The first kappa shape index (κ1) is 14.7. The molecule has 1 aromatic heterocycles. The number of imidazole rings is 1. The highest BCUT2D eigenvalue weighted by Gasteiger charge is 2.59. The second-order valence-corrected chi connectivity index (χ2v) is 9.13. The Labute approximate surface area is 132 Å². The molecule has 2 saturated heterocycles. The summed E-state index contributed by atoms with van der Waals surface area (Å²) in [5.41, 5.74) is 0.0568. The molecule has 3 aliphatic rings. The van der Waals surface area contributed by atoms with E-state index in [2.05, 4.69) is 17.2 Å². The van der Waals surface area contributed by atoms with Gasteiger partial charge in [0.2, 0.25) is 0 Å². The van der Waals surface area contributed by atoms with Crippen LogP contribution in [0.25, 0.3) is 0 Å². The lowest BCUT2D eigenvalue weighted by atomic mass is 9.72. The van der Waals surface area contributed by atoms with Crippen molar-refractivity contribution >= 4 is 10.0 Å². The lowest BCUT2D eigenvalue weighted by Gasteiger charge is -2.40. The average molecular weight is 324 g/mol. The van der Waals surface area contributed by atoms with Crippen molar-refractivity contribution in [1.82, 2.24) is 19.2 Å². The SMILES string of the molecule is Cn1cnc(S(=O)(=O)N2[C@@H]3CN[C@@H]4CCCC[C@H]2[C@]4(C)C3)c1. The quantitative estimate of drug-likeness (QED) is 0.885. The van der Waals surface area contributed by atoms with Crippen LogP contribution in [0, 0.1) is 5.41 Å². The predicted molar refractivity (Wildman–Crippen MR) is 82.8 cm³/mol. The van der Waals surface area contributed by atoms with E-state index in [9.17, 15) is 8.42 Å². The van der Waals surface area contributed by atoms with Gasteiger partial charge in [0.15, 0.2) is 5.03 Å². The molecule has 4 atom stereocenters. The highest BCUT2D eigenvalue weighted by Crippen LogP contribution is 2.52. The zero-order chi connectivity index (χ0) is 15.5. The smallest absolute Gasteiger partial charge is 0.262 e. The van der Waals surface area contributed by atoms with Gasteiger partial charge in [-0.15, -0.1) is 0 Å². The highest BCUT2D eigenvalue weighted by atomic mass is 32.2. The van der Waals surface area contributed by atoms with Crippen molar-refractivity contribution in [3.8, 4) is 0 Å². The maximum atomic E-state index is 13.2. The monoisotopic (exact) mass is 324 g/mol. The Morgan fingerprint density at radius 2 is 2.14 bits per heavy atom. The molecule has 7 heteroatoms. The van der Waals surface area contributed by atoms with E-state index in [1.165, 1.54) is 6.42 Å². The van der Waals surface area contributed by atoms with E-state index in [0.29, 0.717) is 6.04 Å². The third-order valence-corrected chi connectivity index (χ3v) is 7.79. The lowest BCUT2D eigenvalue weighted by Crippen LogP contribution is -2.51. The molecule has 3 fully saturated rings. The summed E-state index contributed by atoms with van der Waals surface area (Å²) in [5.74, 6) is 0. The summed E-state index contributed by atoms with van der Waals surface area (Å²) in [5, 5.41) is 3.81. The molecule has 1 saturated carbocycles. The zero-order valence-electron chi connectivity index (χ0n) is 13.2. The Morgan fingerprint density at radius 3 is 2.86 bits per heavy atom. The number of piperidine rings is 1. The molecule has 1 N–H and O–H groups in total.